The average molecular weight is 454 g/mol. The zero-order chi connectivity index (χ0) is 22.8. The molecule has 2 aromatic carbocycles. The summed E-state index contributed by atoms with van der Waals surface area (Å²) < 4.78 is 28.7. The molecule has 0 bridgehead atoms. The fourth-order valence-electron chi connectivity index (χ4n) is 3.81. The predicted octanol–water partition coefficient (Wildman–Crippen LogP) is 4.14. The van der Waals surface area contributed by atoms with E-state index in [1.807, 2.05) is 57.8 Å². The number of hydrogen-bond donors (Lipinski definition) is 0. The summed E-state index contributed by atoms with van der Waals surface area (Å²) in [4.78, 5) is 6.47. The van der Waals surface area contributed by atoms with E-state index < -0.39 is 24.1 Å². The minimum atomic E-state index is -0.676. The van der Waals surface area contributed by atoms with Gasteiger partial charge in [-0.05, 0) is 69.6 Å². The minimum Gasteiger partial charge on any atom is -0.399 e. The van der Waals surface area contributed by atoms with Crippen LogP contribution in [0.2, 0.25) is 5.02 Å². The summed E-state index contributed by atoms with van der Waals surface area (Å²) in [5.41, 5.74) is 0.957. The number of hydrogen-bond acceptors (Lipinski definition) is 6. The maximum atomic E-state index is 14.7. The van der Waals surface area contributed by atoms with Crippen LogP contribution in [0, 0.1) is 5.82 Å². The Kier molecular flexibility index (Phi) is 4.71. The van der Waals surface area contributed by atoms with Gasteiger partial charge in [0.1, 0.15) is 18.0 Å². The van der Waals surface area contributed by atoms with Crippen molar-refractivity contribution in [2.75, 3.05) is 11.9 Å². The Morgan fingerprint density at radius 2 is 1.78 bits per heavy atom. The molecule has 0 radical (unpaired) electrons. The summed E-state index contributed by atoms with van der Waals surface area (Å²) in [5, 5.41) is 9.45. The molecular formula is C22H22BClFN5O2. The highest BCUT2D eigenvalue weighted by Crippen LogP contribution is 2.37. The minimum absolute atomic E-state index is 0.394. The Hall–Kier alpha value is -2.75. The maximum Gasteiger partial charge on any atom is 0.495 e. The Bertz CT molecular complexity index is 1340. The van der Waals surface area contributed by atoms with E-state index in [1.54, 1.807) is 16.8 Å². The molecule has 0 spiro atoms. The molecule has 2 aromatic heterocycles. The molecule has 0 aliphatic carbocycles. The maximum absolute atomic E-state index is 14.7. The van der Waals surface area contributed by atoms with Gasteiger partial charge in [0, 0.05) is 23.1 Å². The van der Waals surface area contributed by atoms with Crippen LogP contribution in [0.4, 0.5) is 15.9 Å². The molecule has 0 atom stereocenters. The van der Waals surface area contributed by atoms with Crippen molar-refractivity contribution in [2.45, 2.75) is 38.9 Å². The summed E-state index contributed by atoms with van der Waals surface area (Å²) in [6.45, 7) is 7.87. The van der Waals surface area contributed by atoms with Gasteiger partial charge < -0.3 is 14.2 Å². The summed E-state index contributed by atoms with van der Waals surface area (Å²) in [5.74, 6) is 0.627. The fraction of sp³-hybridized carbons (Fsp3) is 0.318. The van der Waals surface area contributed by atoms with Gasteiger partial charge in [-0.1, -0.05) is 11.6 Å². The SMILES string of the molecule is CN(c1cc(F)cc(B2OC(C)(C)C(C)(C)O2)c1)c1nc2nncn2c2cc(Cl)ccc12. The van der Waals surface area contributed by atoms with E-state index in [4.69, 9.17) is 20.9 Å². The third-order valence-corrected chi connectivity index (χ3v) is 6.57. The van der Waals surface area contributed by atoms with Crippen molar-refractivity contribution in [2.24, 2.45) is 0 Å². The molecule has 10 heteroatoms. The Morgan fingerprint density at radius 1 is 1.06 bits per heavy atom. The van der Waals surface area contributed by atoms with Crippen molar-refractivity contribution in [3.05, 3.63) is 53.6 Å². The number of anilines is 2. The van der Waals surface area contributed by atoms with Gasteiger partial charge in [-0.25, -0.2) is 4.39 Å². The normalized spacial score (nSPS) is 17.4. The summed E-state index contributed by atoms with van der Waals surface area (Å²) >= 11 is 6.23. The van der Waals surface area contributed by atoms with Crippen LogP contribution in [0.5, 0.6) is 0 Å². The van der Waals surface area contributed by atoms with Crippen LogP contribution in [0.15, 0.2) is 42.7 Å². The van der Waals surface area contributed by atoms with Gasteiger partial charge in [0.2, 0.25) is 0 Å². The van der Waals surface area contributed by atoms with Crippen molar-refractivity contribution in [3.8, 4) is 0 Å². The van der Waals surface area contributed by atoms with Crippen LogP contribution < -0.4 is 10.4 Å². The van der Waals surface area contributed by atoms with Crippen molar-refractivity contribution >= 4 is 52.4 Å². The summed E-state index contributed by atoms with van der Waals surface area (Å²) in [6, 6.07) is 10.2. The van der Waals surface area contributed by atoms with E-state index in [0.29, 0.717) is 27.8 Å². The van der Waals surface area contributed by atoms with E-state index in [9.17, 15) is 4.39 Å². The first kappa shape index (κ1) is 21.1. The fourth-order valence-corrected chi connectivity index (χ4v) is 3.97. The second kappa shape index (κ2) is 7.13. The van der Waals surface area contributed by atoms with Crippen molar-refractivity contribution in [1.29, 1.82) is 0 Å². The van der Waals surface area contributed by atoms with Crippen LogP contribution in [-0.2, 0) is 9.31 Å². The third-order valence-electron chi connectivity index (χ3n) is 6.33. The number of halogens is 2. The zero-order valence-corrected chi connectivity index (χ0v) is 19.2. The van der Waals surface area contributed by atoms with Gasteiger partial charge in [0.25, 0.3) is 5.78 Å². The van der Waals surface area contributed by atoms with E-state index in [-0.39, 0.29) is 0 Å². The highest BCUT2D eigenvalue weighted by Gasteiger charge is 2.51. The number of rotatable bonds is 3. The smallest absolute Gasteiger partial charge is 0.399 e. The lowest BCUT2D eigenvalue weighted by Gasteiger charge is -2.32. The van der Waals surface area contributed by atoms with E-state index in [1.165, 1.54) is 12.1 Å². The topological polar surface area (TPSA) is 64.8 Å². The first-order chi connectivity index (χ1) is 15.1. The first-order valence-electron chi connectivity index (χ1n) is 10.2. The highest BCUT2D eigenvalue weighted by molar-refractivity contribution is 6.62. The standard InChI is InChI=1S/C22H22BClFN5O2/c1-21(2)22(3,4)32-23(31-21)13-8-15(25)11-16(9-13)29(5)19-17-7-6-14(24)10-18(17)30-12-26-28-20(30)27-19/h6-12H,1-5H3. The molecule has 164 valence electrons. The Balaban J connectivity index is 1.61. The third kappa shape index (κ3) is 3.32. The van der Waals surface area contributed by atoms with Gasteiger partial charge in [-0.3, -0.25) is 4.40 Å². The molecule has 1 fully saturated rings. The van der Waals surface area contributed by atoms with Crippen molar-refractivity contribution in [1.82, 2.24) is 19.6 Å². The quantitative estimate of drug-likeness (QED) is 0.435. The van der Waals surface area contributed by atoms with Gasteiger partial charge >= 0.3 is 7.12 Å². The number of fused-ring (bicyclic) bond motifs is 3. The molecule has 1 aliphatic heterocycles. The van der Waals surface area contributed by atoms with E-state index in [2.05, 4.69) is 15.2 Å². The van der Waals surface area contributed by atoms with Crippen LogP contribution >= 0.6 is 11.6 Å². The lowest BCUT2D eigenvalue weighted by Crippen LogP contribution is -2.41. The second-order valence-corrected chi connectivity index (χ2v) is 9.42. The zero-order valence-electron chi connectivity index (χ0n) is 18.4. The first-order valence-corrected chi connectivity index (χ1v) is 10.6. The molecule has 1 saturated heterocycles. The molecule has 4 aromatic rings. The average Bonchev–Trinajstić information content (AvgIpc) is 3.28. The van der Waals surface area contributed by atoms with E-state index >= 15 is 0 Å². The molecule has 32 heavy (non-hydrogen) atoms. The predicted molar refractivity (Wildman–Crippen MR) is 123 cm³/mol. The van der Waals surface area contributed by atoms with Gasteiger partial charge in [-0.15, -0.1) is 10.2 Å². The van der Waals surface area contributed by atoms with Crippen molar-refractivity contribution in [3.63, 3.8) is 0 Å². The van der Waals surface area contributed by atoms with Gasteiger partial charge in [0.15, 0.2) is 0 Å². The number of aromatic nitrogens is 4. The summed E-state index contributed by atoms with van der Waals surface area (Å²) in [7, 11) is 1.15. The molecule has 0 amide bonds. The molecular weight excluding hydrogens is 432 g/mol. The van der Waals surface area contributed by atoms with Crippen molar-refractivity contribution < 1.29 is 13.7 Å². The summed E-state index contributed by atoms with van der Waals surface area (Å²) in [6.07, 6.45) is 1.59. The molecule has 0 unspecified atom stereocenters. The molecule has 0 N–H and O–H groups in total. The van der Waals surface area contributed by atoms with Gasteiger partial charge in [-0.2, -0.15) is 4.98 Å². The largest absolute Gasteiger partial charge is 0.495 e. The number of benzene rings is 2. The molecule has 3 heterocycles. The Labute approximate surface area is 190 Å². The molecule has 0 saturated carbocycles. The van der Waals surface area contributed by atoms with E-state index in [0.717, 1.165) is 10.9 Å². The molecule has 1 aliphatic rings. The Morgan fingerprint density at radius 3 is 2.50 bits per heavy atom. The van der Waals surface area contributed by atoms with Crippen LogP contribution in [0.1, 0.15) is 27.7 Å². The number of nitrogens with zero attached hydrogens (tertiary/aromatic N) is 5. The molecule has 7 nitrogen and oxygen atoms in total. The lowest BCUT2D eigenvalue weighted by molar-refractivity contribution is 0.00578. The highest BCUT2D eigenvalue weighted by atomic mass is 35.5. The van der Waals surface area contributed by atoms with Crippen LogP contribution in [-0.4, -0.2) is 45.0 Å². The van der Waals surface area contributed by atoms with Crippen LogP contribution in [0.3, 0.4) is 0 Å². The monoisotopic (exact) mass is 453 g/mol. The lowest BCUT2D eigenvalue weighted by atomic mass is 9.79. The van der Waals surface area contributed by atoms with Crippen LogP contribution in [0.25, 0.3) is 16.7 Å². The van der Waals surface area contributed by atoms with Gasteiger partial charge in [0.05, 0.1) is 16.7 Å². The second-order valence-electron chi connectivity index (χ2n) is 8.99. The molecule has 5 rings (SSSR count).